The van der Waals surface area contributed by atoms with Gasteiger partial charge < -0.3 is 0 Å². The zero-order chi connectivity index (χ0) is 10.8. The van der Waals surface area contributed by atoms with Gasteiger partial charge in [0, 0.05) is 0 Å². The molecule has 0 amide bonds. The Labute approximate surface area is 77.3 Å². The molecule has 14 heavy (non-hydrogen) atoms. The second-order valence-corrected chi connectivity index (χ2v) is 2.77. The summed E-state index contributed by atoms with van der Waals surface area (Å²) in [5.41, 5.74) is -0.434. The first kappa shape index (κ1) is 10.7. The predicted octanol–water partition coefficient (Wildman–Crippen LogP) is 2.74. The van der Waals surface area contributed by atoms with Crippen LogP contribution in [0.3, 0.4) is 0 Å². The third kappa shape index (κ3) is 2.83. The Kier molecular flexibility index (Phi) is 2.88. The van der Waals surface area contributed by atoms with Gasteiger partial charge in [-0.1, -0.05) is 6.07 Å². The standard InChI is InChI=1S/C9H6F4O/c10-8-3-6(4-9(11,12)13)1-2-7(8)5-14/h1-3,5H,4H2. The molecular formula is C9H6F4O. The molecule has 0 fully saturated rings. The molecule has 0 radical (unpaired) electrons. The van der Waals surface area contributed by atoms with Gasteiger partial charge in [-0.3, -0.25) is 4.79 Å². The number of hydrogen-bond acceptors (Lipinski definition) is 1. The van der Waals surface area contributed by atoms with E-state index in [1.165, 1.54) is 0 Å². The van der Waals surface area contributed by atoms with E-state index < -0.39 is 18.4 Å². The fraction of sp³-hybridized carbons (Fsp3) is 0.222. The molecule has 1 aromatic carbocycles. The van der Waals surface area contributed by atoms with Crippen LogP contribution < -0.4 is 0 Å². The fourth-order valence-electron chi connectivity index (χ4n) is 1.01. The van der Waals surface area contributed by atoms with Crippen molar-refractivity contribution in [1.29, 1.82) is 0 Å². The van der Waals surface area contributed by atoms with Gasteiger partial charge in [0.15, 0.2) is 6.29 Å². The lowest BCUT2D eigenvalue weighted by Gasteiger charge is -2.06. The van der Waals surface area contributed by atoms with Gasteiger partial charge in [-0.15, -0.1) is 0 Å². The van der Waals surface area contributed by atoms with Gasteiger partial charge in [0.25, 0.3) is 0 Å². The summed E-state index contributed by atoms with van der Waals surface area (Å²) >= 11 is 0. The van der Waals surface area contributed by atoms with Crippen LogP contribution in [0.1, 0.15) is 15.9 Å². The quantitative estimate of drug-likeness (QED) is 0.537. The molecule has 0 aliphatic rings. The summed E-state index contributed by atoms with van der Waals surface area (Å²) in [6.07, 6.45) is -5.30. The van der Waals surface area contributed by atoms with Gasteiger partial charge in [-0.05, 0) is 17.7 Å². The first-order valence-electron chi connectivity index (χ1n) is 3.73. The Hall–Kier alpha value is -1.39. The van der Waals surface area contributed by atoms with Crippen LogP contribution >= 0.6 is 0 Å². The third-order valence-corrected chi connectivity index (χ3v) is 1.60. The van der Waals surface area contributed by atoms with Gasteiger partial charge in [0.2, 0.25) is 0 Å². The Balaban J connectivity index is 2.92. The highest BCUT2D eigenvalue weighted by atomic mass is 19.4. The maximum absolute atomic E-state index is 12.8. The molecule has 0 atom stereocenters. The number of benzene rings is 1. The normalized spacial score (nSPS) is 11.4. The molecule has 0 spiro atoms. The van der Waals surface area contributed by atoms with Crippen molar-refractivity contribution in [2.24, 2.45) is 0 Å². The van der Waals surface area contributed by atoms with E-state index in [1.54, 1.807) is 0 Å². The highest BCUT2D eigenvalue weighted by Gasteiger charge is 2.27. The summed E-state index contributed by atoms with van der Waals surface area (Å²) in [4.78, 5) is 10.2. The molecule has 0 bridgehead atoms. The van der Waals surface area contributed by atoms with Crippen molar-refractivity contribution in [3.8, 4) is 0 Å². The van der Waals surface area contributed by atoms with Crippen molar-refractivity contribution < 1.29 is 22.4 Å². The molecule has 0 heterocycles. The van der Waals surface area contributed by atoms with E-state index in [2.05, 4.69) is 0 Å². The van der Waals surface area contributed by atoms with Crippen LogP contribution in [0.2, 0.25) is 0 Å². The number of carbonyl (C=O) groups is 1. The van der Waals surface area contributed by atoms with Crippen LogP contribution in [0, 0.1) is 5.82 Å². The zero-order valence-corrected chi connectivity index (χ0v) is 6.94. The lowest BCUT2D eigenvalue weighted by Crippen LogP contribution is -2.11. The molecule has 76 valence electrons. The Morgan fingerprint density at radius 1 is 1.29 bits per heavy atom. The van der Waals surface area contributed by atoms with E-state index in [9.17, 15) is 22.4 Å². The summed E-state index contributed by atoms with van der Waals surface area (Å²) in [7, 11) is 0. The van der Waals surface area contributed by atoms with Crippen molar-refractivity contribution in [2.45, 2.75) is 12.6 Å². The van der Waals surface area contributed by atoms with E-state index in [0.29, 0.717) is 0 Å². The van der Waals surface area contributed by atoms with Gasteiger partial charge in [0.1, 0.15) is 5.82 Å². The zero-order valence-electron chi connectivity index (χ0n) is 6.94. The van der Waals surface area contributed by atoms with E-state index in [4.69, 9.17) is 0 Å². The number of hydrogen-bond donors (Lipinski definition) is 0. The smallest absolute Gasteiger partial charge is 0.298 e. The maximum atomic E-state index is 12.8. The van der Waals surface area contributed by atoms with E-state index in [0.717, 1.165) is 18.2 Å². The molecule has 1 nitrogen and oxygen atoms in total. The van der Waals surface area contributed by atoms with Gasteiger partial charge in [0.05, 0.1) is 12.0 Å². The van der Waals surface area contributed by atoms with E-state index in [-0.39, 0.29) is 17.4 Å². The maximum Gasteiger partial charge on any atom is 0.393 e. The van der Waals surface area contributed by atoms with Crippen LogP contribution in [0.5, 0.6) is 0 Å². The second-order valence-electron chi connectivity index (χ2n) is 2.77. The lowest BCUT2D eigenvalue weighted by molar-refractivity contribution is -0.127. The highest BCUT2D eigenvalue weighted by molar-refractivity contribution is 5.75. The SMILES string of the molecule is O=Cc1ccc(CC(F)(F)F)cc1F. The molecule has 5 heteroatoms. The van der Waals surface area contributed by atoms with Gasteiger partial charge >= 0.3 is 6.18 Å². The average Bonchev–Trinajstić information content (AvgIpc) is 2.01. The summed E-state index contributed by atoms with van der Waals surface area (Å²) in [6, 6.07) is 2.83. The minimum Gasteiger partial charge on any atom is -0.298 e. The van der Waals surface area contributed by atoms with E-state index in [1.807, 2.05) is 0 Å². The second kappa shape index (κ2) is 3.77. The Morgan fingerprint density at radius 2 is 1.93 bits per heavy atom. The first-order valence-corrected chi connectivity index (χ1v) is 3.73. The summed E-state index contributed by atoms with van der Waals surface area (Å²) in [6.45, 7) is 0. The van der Waals surface area contributed by atoms with Crippen molar-refractivity contribution in [3.63, 3.8) is 0 Å². The monoisotopic (exact) mass is 206 g/mol. The minimum absolute atomic E-state index is 0.194. The topological polar surface area (TPSA) is 17.1 Å². The largest absolute Gasteiger partial charge is 0.393 e. The number of alkyl halides is 3. The Morgan fingerprint density at radius 3 is 2.36 bits per heavy atom. The van der Waals surface area contributed by atoms with Crippen molar-refractivity contribution in [3.05, 3.63) is 35.1 Å². The van der Waals surface area contributed by atoms with Crippen LogP contribution in [0.15, 0.2) is 18.2 Å². The van der Waals surface area contributed by atoms with E-state index >= 15 is 0 Å². The van der Waals surface area contributed by atoms with Crippen LogP contribution in [0.25, 0.3) is 0 Å². The predicted molar refractivity (Wildman–Crippen MR) is 41.5 cm³/mol. The molecule has 0 aromatic heterocycles. The summed E-state index contributed by atoms with van der Waals surface area (Å²) in [5.74, 6) is -0.929. The van der Waals surface area contributed by atoms with Crippen LogP contribution in [-0.2, 0) is 6.42 Å². The van der Waals surface area contributed by atoms with Crippen LogP contribution in [0.4, 0.5) is 17.6 Å². The van der Waals surface area contributed by atoms with Crippen molar-refractivity contribution in [1.82, 2.24) is 0 Å². The van der Waals surface area contributed by atoms with Crippen LogP contribution in [-0.4, -0.2) is 12.5 Å². The first-order chi connectivity index (χ1) is 6.42. The molecule has 0 aliphatic carbocycles. The van der Waals surface area contributed by atoms with Gasteiger partial charge in [-0.2, -0.15) is 13.2 Å². The molecule has 0 unspecified atom stereocenters. The molecule has 0 aliphatic heterocycles. The molecule has 0 saturated heterocycles. The number of rotatable bonds is 2. The number of aldehydes is 1. The summed E-state index contributed by atoms with van der Waals surface area (Å²) < 4.78 is 48.4. The minimum atomic E-state index is -4.37. The fourth-order valence-corrected chi connectivity index (χ4v) is 1.01. The lowest BCUT2D eigenvalue weighted by atomic mass is 10.1. The molecule has 1 aromatic rings. The molecule has 1 rings (SSSR count). The average molecular weight is 206 g/mol. The van der Waals surface area contributed by atoms with Crippen molar-refractivity contribution >= 4 is 6.29 Å². The third-order valence-electron chi connectivity index (χ3n) is 1.60. The highest BCUT2D eigenvalue weighted by Crippen LogP contribution is 2.22. The number of halogens is 4. The molecule has 0 saturated carbocycles. The Bertz CT molecular complexity index is 343. The molecule has 0 N–H and O–H groups in total. The van der Waals surface area contributed by atoms with Crippen molar-refractivity contribution in [2.75, 3.05) is 0 Å². The van der Waals surface area contributed by atoms with Gasteiger partial charge in [-0.25, -0.2) is 4.39 Å². The summed E-state index contributed by atoms with van der Waals surface area (Å²) in [5, 5.41) is 0. The number of carbonyl (C=O) groups excluding carboxylic acids is 1. The molecular weight excluding hydrogens is 200 g/mol.